The van der Waals surface area contributed by atoms with Crippen molar-refractivity contribution in [2.75, 3.05) is 39.9 Å². The smallest absolute Gasteiger partial charge is 0.227 e. The first kappa shape index (κ1) is 19.0. The van der Waals surface area contributed by atoms with E-state index < -0.39 is 0 Å². The van der Waals surface area contributed by atoms with Crippen LogP contribution in [0.5, 0.6) is 5.75 Å². The molecule has 1 aromatic rings. The second kappa shape index (κ2) is 8.19. The first-order chi connectivity index (χ1) is 11.2. The summed E-state index contributed by atoms with van der Waals surface area (Å²) in [5.74, 6) is 1.13. The minimum absolute atomic E-state index is 0. The SMILES string of the molecule is COc1cccc(CC(=O)N2CC(CO)C3(CCNCC3)C2)c1.Cl. The number of methoxy groups -OCH3 is 1. The van der Waals surface area contributed by atoms with E-state index >= 15 is 0 Å². The number of carbonyl (C=O) groups is 1. The average molecular weight is 355 g/mol. The van der Waals surface area contributed by atoms with Crippen LogP contribution in [-0.2, 0) is 11.2 Å². The number of aliphatic hydroxyl groups is 1. The molecule has 2 aliphatic heterocycles. The molecule has 0 bridgehead atoms. The summed E-state index contributed by atoms with van der Waals surface area (Å²) in [7, 11) is 1.63. The number of halogens is 1. The number of likely N-dealkylation sites (tertiary alicyclic amines) is 1. The molecule has 3 rings (SSSR count). The third kappa shape index (κ3) is 3.85. The van der Waals surface area contributed by atoms with Crippen LogP contribution in [0.15, 0.2) is 24.3 Å². The summed E-state index contributed by atoms with van der Waals surface area (Å²) in [6.45, 7) is 3.59. The number of nitrogens with one attached hydrogen (secondary N) is 1. The summed E-state index contributed by atoms with van der Waals surface area (Å²) in [5.41, 5.74) is 1.07. The predicted octanol–water partition coefficient (Wildman–Crippen LogP) is 1.48. The van der Waals surface area contributed by atoms with Gasteiger partial charge in [0.2, 0.25) is 5.91 Å². The van der Waals surface area contributed by atoms with Crippen LogP contribution in [0.1, 0.15) is 18.4 Å². The van der Waals surface area contributed by atoms with Gasteiger partial charge >= 0.3 is 0 Å². The molecule has 2 aliphatic rings. The Morgan fingerprint density at radius 2 is 2.17 bits per heavy atom. The van der Waals surface area contributed by atoms with E-state index in [-0.39, 0.29) is 36.3 Å². The first-order valence-electron chi connectivity index (χ1n) is 8.39. The zero-order valence-electron chi connectivity index (χ0n) is 14.2. The Hall–Kier alpha value is -1.30. The van der Waals surface area contributed by atoms with Gasteiger partial charge in [-0.2, -0.15) is 0 Å². The van der Waals surface area contributed by atoms with Crippen molar-refractivity contribution in [2.24, 2.45) is 11.3 Å². The highest BCUT2D eigenvalue weighted by Gasteiger charge is 2.47. The molecule has 0 saturated carbocycles. The van der Waals surface area contributed by atoms with Gasteiger partial charge in [-0.1, -0.05) is 12.1 Å². The summed E-state index contributed by atoms with van der Waals surface area (Å²) < 4.78 is 5.22. The molecule has 134 valence electrons. The molecule has 1 amide bonds. The van der Waals surface area contributed by atoms with E-state index in [1.807, 2.05) is 29.2 Å². The number of amides is 1. The maximum absolute atomic E-state index is 12.7. The molecule has 5 nitrogen and oxygen atoms in total. The number of aliphatic hydroxyl groups excluding tert-OH is 1. The third-order valence-electron chi connectivity index (χ3n) is 5.47. The van der Waals surface area contributed by atoms with E-state index in [0.717, 1.165) is 43.8 Å². The standard InChI is InChI=1S/C18H26N2O3.ClH/c1-23-16-4-2-3-14(9-16)10-17(22)20-11-15(12-21)18(13-20)5-7-19-8-6-18;/h2-4,9,15,19,21H,5-8,10-13H2,1H3;1H. The maximum atomic E-state index is 12.7. The Bertz CT molecular complexity index is 561. The Balaban J connectivity index is 0.00000208. The molecule has 2 fully saturated rings. The van der Waals surface area contributed by atoms with E-state index in [0.29, 0.717) is 13.0 Å². The van der Waals surface area contributed by atoms with Gasteiger partial charge in [0.1, 0.15) is 5.75 Å². The van der Waals surface area contributed by atoms with E-state index in [9.17, 15) is 9.90 Å². The lowest BCUT2D eigenvalue weighted by molar-refractivity contribution is -0.130. The fraction of sp³-hybridized carbons (Fsp3) is 0.611. The molecule has 1 aromatic carbocycles. The van der Waals surface area contributed by atoms with Crippen LogP contribution < -0.4 is 10.1 Å². The van der Waals surface area contributed by atoms with Gasteiger partial charge in [-0.15, -0.1) is 12.4 Å². The molecule has 0 radical (unpaired) electrons. The van der Waals surface area contributed by atoms with Crippen molar-refractivity contribution in [1.82, 2.24) is 10.2 Å². The predicted molar refractivity (Wildman–Crippen MR) is 95.6 cm³/mol. The fourth-order valence-electron chi connectivity index (χ4n) is 4.03. The Kier molecular flexibility index (Phi) is 6.49. The number of hydrogen-bond acceptors (Lipinski definition) is 4. The largest absolute Gasteiger partial charge is 0.497 e. The highest BCUT2D eigenvalue weighted by atomic mass is 35.5. The van der Waals surface area contributed by atoms with Gasteiger partial charge in [0.05, 0.1) is 13.5 Å². The highest BCUT2D eigenvalue weighted by molar-refractivity contribution is 5.85. The zero-order valence-corrected chi connectivity index (χ0v) is 15.0. The lowest BCUT2D eigenvalue weighted by atomic mass is 9.71. The Morgan fingerprint density at radius 3 is 2.83 bits per heavy atom. The van der Waals surface area contributed by atoms with Crippen molar-refractivity contribution in [2.45, 2.75) is 19.3 Å². The lowest BCUT2D eigenvalue weighted by Crippen LogP contribution is -2.43. The molecular weight excluding hydrogens is 328 g/mol. The molecule has 1 atom stereocenters. The van der Waals surface area contributed by atoms with Crippen LogP contribution in [0.25, 0.3) is 0 Å². The summed E-state index contributed by atoms with van der Waals surface area (Å²) in [5, 5.41) is 13.1. The van der Waals surface area contributed by atoms with Crippen LogP contribution in [0, 0.1) is 11.3 Å². The van der Waals surface area contributed by atoms with Crippen molar-refractivity contribution in [3.8, 4) is 5.75 Å². The molecule has 1 unspecified atom stereocenters. The molecule has 2 saturated heterocycles. The van der Waals surface area contributed by atoms with E-state index in [1.165, 1.54) is 0 Å². The molecule has 0 aromatic heterocycles. The average Bonchev–Trinajstić information content (AvgIpc) is 2.93. The number of rotatable bonds is 4. The second-order valence-corrected chi connectivity index (χ2v) is 6.79. The summed E-state index contributed by atoms with van der Waals surface area (Å²) in [6, 6.07) is 7.67. The van der Waals surface area contributed by atoms with Crippen LogP contribution in [0.4, 0.5) is 0 Å². The Labute approximate surface area is 149 Å². The minimum Gasteiger partial charge on any atom is -0.497 e. The summed E-state index contributed by atoms with van der Waals surface area (Å²) in [4.78, 5) is 14.6. The van der Waals surface area contributed by atoms with E-state index in [4.69, 9.17) is 4.74 Å². The van der Waals surface area contributed by atoms with Gasteiger partial charge in [-0.25, -0.2) is 0 Å². The van der Waals surface area contributed by atoms with Crippen LogP contribution >= 0.6 is 12.4 Å². The quantitative estimate of drug-likeness (QED) is 0.859. The van der Waals surface area contributed by atoms with Crippen molar-refractivity contribution in [1.29, 1.82) is 0 Å². The van der Waals surface area contributed by atoms with Gasteiger partial charge in [0.15, 0.2) is 0 Å². The first-order valence-corrected chi connectivity index (χ1v) is 8.39. The van der Waals surface area contributed by atoms with Crippen molar-refractivity contribution in [3.63, 3.8) is 0 Å². The third-order valence-corrected chi connectivity index (χ3v) is 5.47. The van der Waals surface area contributed by atoms with Gasteiger partial charge in [-0.05, 0) is 49.0 Å². The van der Waals surface area contributed by atoms with Gasteiger partial charge < -0.3 is 20.1 Å². The molecule has 6 heteroatoms. The second-order valence-electron chi connectivity index (χ2n) is 6.79. The topological polar surface area (TPSA) is 61.8 Å². The van der Waals surface area contributed by atoms with Crippen molar-refractivity contribution < 1.29 is 14.6 Å². The number of hydrogen-bond donors (Lipinski definition) is 2. The molecular formula is C18H27ClN2O3. The molecule has 0 aliphatic carbocycles. The number of carbonyl (C=O) groups excluding carboxylic acids is 1. The van der Waals surface area contributed by atoms with Gasteiger partial charge in [-0.3, -0.25) is 4.79 Å². The lowest BCUT2D eigenvalue weighted by Gasteiger charge is -2.37. The van der Waals surface area contributed by atoms with Crippen LogP contribution in [0.2, 0.25) is 0 Å². The van der Waals surface area contributed by atoms with E-state index in [2.05, 4.69) is 5.32 Å². The number of benzene rings is 1. The van der Waals surface area contributed by atoms with Crippen molar-refractivity contribution >= 4 is 18.3 Å². The summed E-state index contributed by atoms with van der Waals surface area (Å²) in [6.07, 6.45) is 2.48. The fourth-order valence-corrected chi connectivity index (χ4v) is 4.03. The van der Waals surface area contributed by atoms with Gasteiger partial charge in [0.25, 0.3) is 0 Å². The zero-order chi connectivity index (χ0) is 16.3. The van der Waals surface area contributed by atoms with Crippen molar-refractivity contribution in [3.05, 3.63) is 29.8 Å². The molecule has 1 spiro atoms. The molecule has 24 heavy (non-hydrogen) atoms. The number of nitrogens with zero attached hydrogens (tertiary/aromatic N) is 1. The maximum Gasteiger partial charge on any atom is 0.227 e. The number of piperidine rings is 1. The van der Waals surface area contributed by atoms with E-state index in [1.54, 1.807) is 7.11 Å². The molecule has 2 heterocycles. The monoisotopic (exact) mass is 354 g/mol. The summed E-state index contributed by atoms with van der Waals surface area (Å²) >= 11 is 0. The van der Waals surface area contributed by atoms with Crippen LogP contribution in [-0.4, -0.2) is 55.8 Å². The normalized spacial score (nSPS) is 22.2. The molecule has 2 N–H and O–H groups in total. The Morgan fingerprint density at radius 1 is 1.42 bits per heavy atom. The van der Waals surface area contributed by atoms with Gasteiger partial charge in [0, 0.05) is 25.6 Å². The minimum atomic E-state index is 0. The van der Waals surface area contributed by atoms with Crippen LogP contribution in [0.3, 0.4) is 0 Å². The number of ether oxygens (including phenoxy) is 1. The highest BCUT2D eigenvalue weighted by Crippen LogP contribution is 2.43.